The summed E-state index contributed by atoms with van der Waals surface area (Å²) in [5.41, 5.74) is 2.63. The Kier molecular flexibility index (Phi) is 12.5. The number of hydrogen-bond acceptors (Lipinski definition) is 7. The van der Waals surface area contributed by atoms with Crippen molar-refractivity contribution >= 4 is 51.9 Å². The zero-order valence-corrected chi connectivity index (χ0v) is 30.9. The summed E-state index contributed by atoms with van der Waals surface area (Å²) in [6.45, 7) is 4.06. The van der Waals surface area contributed by atoms with Crippen molar-refractivity contribution in [3.05, 3.63) is 125 Å². The Bertz CT molecular complexity index is 1690. The summed E-state index contributed by atoms with van der Waals surface area (Å²) in [4.78, 5) is 33.9. The average Bonchev–Trinajstić information content (AvgIpc) is 3.15. The quantitative estimate of drug-likeness (QED) is 0.0970. The molecule has 2 aliphatic heterocycles. The number of halogens is 2. The first-order valence-corrected chi connectivity index (χ1v) is 18.5. The normalized spacial score (nSPS) is 19.3. The summed E-state index contributed by atoms with van der Waals surface area (Å²) in [6.07, 6.45) is 0.780. The SMILES string of the molecule is COC(I)C(Cc1ccccc1)NC(=O)N1CC[C@@H](N2CCN(c3cccc(Cl)c3)CC2)[C@H](OC(=O)c2ccc(Oc3ccccc3)cc2)C1. The molecule has 4 aromatic rings. The lowest BCUT2D eigenvalue weighted by Gasteiger charge is -2.46. The van der Waals surface area contributed by atoms with Gasteiger partial charge in [-0.15, -0.1) is 0 Å². The minimum Gasteiger partial charge on any atom is -0.457 e. The number of piperidine rings is 1. The number of urea groups is 1. The summed E-state index contributed by atoms with van der Waals surface area (Å²) in [7, 11) is 1.65. The second-order valence-corrected chi connectivity index (χ2v) is 14.2. The van der Waals surface area contributed by atoms with E-state index in [-0.39, 0.29) is 28.8 Å². The van der Waals surface area contributed by atoms with Crippen LogP contribution in [0.15, 0.2) is 109 Å². The number of anilines is 1. The van der Waals surface area contributed by atoms with Crippen LogP contribution in [0.4, 0.5) is 10.5 Å². The van der Waals surface area contributed by atoms with Gasteiger partial charge in [0.15, 0.2) is 0 Å². The topological polar surface area (TPSA) is 83.6 Å². The van der Waals surface area contributed by atoms with Crippen molar-refractivity contribution in [1.29, 1.82) is 0 Å². The van der Waals surface area contributed by atoms with E-state index >= 15 is 0 Å². The molecule has 4 atom stereocenters. The van der Waals surface area contributed by atoms with E-state index in [1.165, 1.54) is 0 Å². The number of rotatable bonds is 11. The van der Waals surface area contributed by atoms with Gasteiger partial charge in [0.05, 0.1) is 24.2 Å². The molecule has 9 nitrogen and oxygen atoms in total. The molecule has 0 spiro atoms. The zero-order chi connectivity index (χ0) is 34.9. The van der Waals surface area contributed by atoms with Crippen LogP contribution < -0.4 is 15.0 Å². The predicted octanol–water partition coefficient (Wildman–Crippen LogP) is 7.28. The van der Waals surface area contributed by atoms with Crippen LogP contribution in [0.1, 0.15) is 22.3 Å². The monoisotopic (exact) mass is 808 g/mol. The van der Waals surface area contributed by atoms with Gasteiger partial charge in [0, 0.05) is 50.5 Å². The highest BCUT2D eigenvalue weighted by atomic mass is 127. The first-order chi connectivity index (χ1) is 24.4. The molecule has 262 valence electrons. The minimum absolute atomic E-state index is 0.0402. The molecule has 2 saturated heterocycles. The number of benzene rings is 4. The van der Waals surface area contributed by atoms with Crippen molar-refractivity contribution < 1.29 is 23.8 Å². The number of nitrogens with zero attached hydrogens (tertiary/aromatic N) is 3. The zero-order valence-electron chi connectivity index (χ0n) is 28.0. The van der Waals surface area contributed by atoms with Crippen LogP contribution >= 0.6 is 34.2 Å². The van der Waals surface area contributed by atoms with Gasteiger partial charge in [-0.05, 0) is 95.6 Å². The van der Waals surface area contributed by atoms with Gasteiger partial charge < -0.3 is 29.3 Å². The Morgan fingerprint density at radius 3 is 2.22 bits per heavy atom. The molecule has 4 aromatic carbocycles. The second kappa shape index (κ2) is 17.4. The molecule has 2 unspecified atom stereocenters. The number of carbonyl (C=O) groups is 2. The number of amides is 2. The van der Waals surface area contributed by atoms with Crippen LogP contribution in [0.2, 0.25) is 5.02 Å². The number of esters is 1. The summed E-state index contributed by atoms with van der Waals surface area (Å²) >= 11 is 8.50. The molecule has 2 heterocycles. The molecule has 2 fully saturated rings. The highest BCUT2D eigenvalue weighted by Gasteiger charge is 2.39. The molecule has 2 amide bonds. The third-order valence-corrected chi connectivity index (χ3v) is 10.9. The third-order valence-electron chi connectivity index (χ3n) is 9.24. The number of ether oxygens (including phenoxy) is 3. The van der Waals surface area contributed by atoms with Gasteiger partial charge in [-0.1, -0.05) is 66.2 Å². The van der Waals surface area contributed by atoms with E-state index < -0.39 is 12.1 Å². The van der Waals surface area contributed by atoms with Crippen LogP contribution in [0.3, 0.4) is 0 Å². The van der Waals surface area contributed by atoms with Crippen LogP contribution in [0, 0.1) is 0 Å². The van der Waals surface area contributed by atoms with E-state index in [4.69, 9.17) is 25.8 Å². The Morgan fingerprint density at radius 2 is 1.54 bits per heavy atom. The molecule has 50 heavy (non-hydrogen) atoms. The first-order valence-electron chi connectivity index (χ1n) is 16.9. The highest BCUT2D eigenvalue weighted by molar-refractivity contribution is 14.1. The summed E-state index contributed by atoms with van der Waals surface area (Å²) in [6, 6.07) is 33.9. The number of carbonyl (C=O) groups excluding carboxylic acids is 2. The molecule has 0 radical (unpaired) electrons. The van der Waals surface area contributed by atoms with Crippen molar-refractivity contribution in [3.8, 4) is 11.5 Å². The van der Waals surface area contributed by atoms with Gasteiger partial charge in [-0.25, -0.2) is 9.59 Å². The number of para-hydroxylation sites is 1. The third kappa shape index (κ3) is 9.48. The first kappa shape index (κ1) is 36.0. The summed E-state index contributed by atoms with van der Waals surface area (Å²) < 4.78 is 17.6. The smallest absolute Gasteiger partial charge is 0.338 e. The van der Waals surface area contributed by atoms with Crippen LogP contribution in [-0.2, 0) is 15.9 Å². The number of alkyl halides is 1. The Balaban J connectivity index is 1.15. The van der Waals surface area contributed by atoms with Gasteiger partial charge in [0.2, 0.25) is 0 Å². The van der Waals surface area contributed by atoms with Crippen molar-refractivity contribution in [1.82, 2.24) is 15.1 Å². The number of likely N-dealkylation sites (tertiary alicyclic amines) is 1. The molecular weight excluding hydrogens is 767 g/mol. The Morgan fingerprint density at radius 1 is 0.860 bits per heavy atom. The number of piperazine rings is 1. The van der Waals surface area contributed by atoms with E-state index in [1.807, 2.05) is 78.9 Å². The lowest BCUT2D eigenvalue weighted by Crippen LogP contribution is -2.62. The molecule has 0 bridgehead atoms. The van der Waals surface area contributed by atoms with Crippen LogP contribution in [-0.4, -0.2) is 90.5 Å². The van der Waals surface area contributed by atoms with E-state index in [1.54, 1.807) is 36.3 Å². The lowest BCUT2D eigenvalue weighted by molar-refractivity contribution is -0.0314. The van der Waals surface area contributed by atoms with Crippen molar-refractivity contribution in [3.63, 3.8) is 0 Å². The number of methoxy groups -OCH3 is 1. The van der Waals surface area contributed by atoms with Gasteiger partial charge in [0.1, 0.15) is 21.7 Å². The molecule has 1 N–H and O–H groups in total. The Labute approximate surface area is 312 Å². The minimum atomic E-state index is -0.523. The maximum Gasteiger partial charge on any atom is 0.338 e. The van der Waals surface area contributed by atoms with E-state index in [0.717, 1.165) is 37.4 Å². The van der Waals surface area contributed by atoms with Gasteiger partial charge in [-0.3, -0.25) is 4.90 Å². The molecule has 0 aliphatic carbocycles. The van der Waals surface area contributed by atoms with Gasteiger partial charge >= 0.3 is 12.0 Å². The molecule has 0 saturated carbocycles. The predicted molar refractivity (Wildman–Crippen MR) is 205 cm³/mol. The van der Waals surface area contributed by atoms with Crippen molar-refractivity contribution in [2.75, 3.05) is 51.3 Å². The largest absolute Gasteiger partial charge is 0.457 e. The number of hydrogen-bond donors (Lipinski definition) is 1. The van der Waals surface area contributed by atoms with E-state index in [0.29, 0.717) is 41.5 Å². The van der Waals surface area contributed by atoms with Crippen molar-refractivity contribution in [2.24, 2.45) is 0 Å². The van der Waals surface area contributed by atoms with Gasteiger partial charge in [-0.2, -0.15) is 0 Å². The molecule has 2 aliphatic rings. The molecule has 6 rings (SSSR count). The fraction of sp³-hybridized carbons (Fsp3) is 0.333. The molecular formula is C39H42ClIN4O5. The summed E-state index contributed by atoms with van der Waals surface area (Å²) in [5.74, 6) is 0.908. The van der Waals surface area contributed by atoms with E-state index in [2.05, 4.69) is 43.8 Å². The maximum atomic E-state index is 13.8. The molecule has 11 heteroatoms. The fourth-order valence-electron chi connectivity index (χ4n) is 6.59. The second-order valence-electron chi connectivity index (χ2n) is 12.5. The van der Waals surface area contributed by atoms with Gasteiger partial charge in [0.25, 0.3) is 0 Å². The maximum absolute atomic E-state index is 13.8. The Hall–Kier alpha value is -3.84. The van der Waals surface area contributed by atoms with Crippen molar-refractivity contribution in [2.45, 2.75) is 35.1 Å². The number of nitrogens with one attached hydrogen (secondary N) is 1. The van der Waals surface area contributed by atoms with Crippen LogP contribution in [0.25, 0.3) is 0 Å². The molecule has 0 aromatic heterocycles. The van der Waals surface area contributed by atoms with E-state index in [9.17, 15) is 9.59 Å². The van der Waals surface area contributed by atoms with Crippen LogP contribution in [0.5, 0.6) is 11.5 Å². The average molecular weight is 809 g/mol. The summed E-state index contributed by atoms with van der Waals surface area (Å²) in [5, 5.41) is 3.92. The highest BCUT2D eigenvalue weighted by Crippen LogP contribution is 2.27. The standard InChI is InChI=1S/C39H42ClIN4O5/c1-48-37(41)34(25-28-9-4-2-5-10-28)42-39(47)45-20-19-35(44-23-21-43(22-24-44)31-12-8-11-30(40)26-31)36(27-45)50-38(46)29-15-17-33(18-16-29)49-32-13-6-3-7-14-32/h2-18,26,34-37H,19-25,27H2,1H3,(H,42,47)/t34?,35-,36-,37?/m1/s1. The lowest BCUT2D eigenvalue weighted by atomic mass is 9.98. The fourth-order valence-corrected chi connectivity index (χ4v) is 7.21.